The first-order valence-corrected chi connectivity index (χ1v) is 9.23. The number of sulfone groups is 1. The van der Waals surface area contributed by atoms with Crippen LogP contribution in [-0.4, -0.2) is 31.8 Å². The molecule has 0 fully saturated rings. The summed E-state index contributed by atoms with van der Waals surface area (Å²) < 4.78 is 30.8. The number of hydrogen-bond acceptors (Lipinski definition) is 6. The second kappa shape index (κ2) is 6.67. The second-order valence-electron chi connectivity index (χ2n) is 4.80. The maximum atomic E-state index is 12.1. The Hall–Kier alpha value is -2.31. The van der Waals surface area contributed by atoms with Crippen molar-refractivity contribution < 1.29 is 17.9 Å². The molecule has 0 radical (unpaired) electrons. The van der Waals surface area contributed by atoms with Gasteiger partial charge in [-0.25, -0.2) is 13.2 Å². The van der Waals surface area contributed by atoms with Gasteiger partial charge in [-0.3, -0.25) is 0 Å². The zero-order valence-electron chi connectivity index (χ0n) is 12.9. The van der Waals surface area contributed by atoms with Crippen LogP contribution in [0, 0.1) is 11.3 Å². The second-order valence-corrected chi connectivity index (χ2v) is 7.93. The number of nitrogens with two attached hydrogens (primary N) is 1. The third-order valence-corrected chi connectivity index (χ3v) is 5.86. The number of halogens is 1. The quantitative estimate of drug-likeness (QED) is 0.771. The Labute approximate surface area is 147 Å². The summed E-state index contributed by atoms with van der Waals surface area (Å²) in [4.78, 5) is 12.1. The van der Waals surface area contributed by atoms with E-state index in [1.807, 2.05) is 6.07 Å². The Morgan fingerprint density at radius 3 is 2.67 bits per heavy atom. The standard InChI is InChI=1S/C15H14BrN3O4S/c1-3-24(21,22)10-4-5-11(16)12(6-10)19-8-9(7-17)13(18)14(19)15(20)23-2/h4-6,8H,3,18H2,1-2H3. The lowest BCUT2D eigenvalue weighted by Gasteiger charge is -2.12. The van der Waals surface area contributed by atoms with E-state index in [1.54, 1.807) is 13.0 Å². The number of methoxy groups -OCH3 is 1. The van der Waals surface area contributed by atoms with Gasteiger partial charge in [-0.15, -0.1) is 0 Å². The molecular formula is C15H14BrN3O4S. The molecule has 0 bridgehead atoms. The summed E-state index contributed by atoms with van der Waals surface area (Å²) >= 11 is 3.33. The summed E-state index contributed by atoms with van der Waals surface area (Å²) in [5, 5.41) is 9.15. The van der Waals surface area contributed by atoms with E-state index in [2.05, 4.69) is 15.9 Å². The van der Waals surface area contributed by atoms with E-state index in [0.29, 0.717) is 10.2 Å². The first kappa shape index (κ1) is 18.0. The highest BCUT2D eigenvalue weighted by Gasteiger charge is 2.24. The molecule has 0 aliphatic carbocycles. The van der Waals surface area contributed by atoms with Crippen LogP contribution in [0.25, 0.3) is 5.69 Å². The normalized spacial score (nSPS) is 11.1. The molecule has 0 spiro atoms. The molecule has 2 rings (SSSR count). The predicted molar refractivity (Wildman–Crippen MR) is 91.7 cm³/mol. The molecular weight excluding hydrogens is 398 g/mol. The van der Waals surface area contributed by atoms with Gasteiger partial charge >= 0.3 is 5.97 Å². The number of esters is 1. The molecule has 1 aromatic heterocycles. The highest BCUT2D eigenvalue weighted by molar-refractivity contribution is 9.10. The highest BCUT2D eigenvalue weighted by atomic mass is 79.9. The van der Waals surface area contributed by atoms with E-state index >= 15 is 0 Å². The third kappa shape index (κ3) is 3.02. The largest absolute Gasteiger partial charge is 0.464 e. The number of carbonyl (C=O) groups is 1. The molecule has 126 valence electrons. The molecule has 0 saturated heterocycles. The first-order valence-electron chi connectivity index (χ1n) is 6.78. The number of carbonyl (C=O) groups excluding carboxylic acids is 1. The van der Waals surface area contributed by atoms with Crippen LogP contribution in [0.2, 0.25) is 0 Å². The van der Waals surface area contributed by atoms with E-state index in [1.165, 1.54) is 30.0 Å². The van der Waals surface area contributed by atoms with Gasteiger partial charge in [-0.1, -0.05) is 6.92 Å². The molecule has 2 aromatic rings. The molecule has 2 N–H and O–H groups in total. The highest BCUT2D eigenvalue weighted by Crippen LogP contribution is 2.30. The van der Waals surface area contributed by atoms with Gasteiger partial charge in [0.2, 0.25) is 0 Å². The first-order chi connectivity index (χ1) is 11.3. The number of nitrogens with zero attached hydrogens (tertiary/aromatic N) is 2. The summed E-state index contributed by atoms with van der Waals surface area (Å²) in [6.45, 7) is 1.54. The van der Waals surface area contributed by atoms with Crippen LogP contribution in [0.15, 0.2) is 33.8 Å². The molecule has 1 aromatic carbocycles. The zero-order valence-corrected chi connectivity index (χ0v) is 15.3. The van der Waals surface area contributed by atoms with Crippen molar-refractivity contribution in [3.63, 3.8) is 0 Å². The molecule has 0 amide bonds. The number of nitriles is 1. The Morgan fingerprint density at radius 2 is 2.12 bits per heavy atom. The van der Waals surface area contributed by atoms with Gasteiger partial charge in [-0.05, 0) is 34.1 Å². The molecule has 9 heteroatoms. The average Bonchev–Trinajstić information content (AvgIpc) is 2.90. The van der Waals surface area contributed by atoms with Crippen molar-refractivity contribution >= 4 is 37.4 Å². The maximum absolute atomic E-state index is 12.1. The van der Waals surface area contributed by atoms with Crippen LogP contribution in [0.3, 0.4) is 0 Å². The van der Waals surface area contributed by atoms with Crippen molar-refractivity contribution in [2.45, 2.75) is 11.8 Å². The minimum absolute atomic E-state index is 0.0278. The third-order valence-electron chi connectivity index (χ3n) is 3.46. The Balaban J connectivity index is 2.80. The van der Waals surface area contributed by atoms with Gasteiger partial charge in [0.05, 0.1) is 34.7 Å². The van der Waals surface area contributed by atoms with Crippen LogP contribution >= 0.6 is 15.9 Å². The SMILES string of the molecule is CCS(=O)(=O)c1ccc(Br)c(-n2cc(C#N)c(N)c2C(=O)OC)c1. The Morgan fingerprint density at radius 1 is 1.46 bits per heavy atom. The van der Waals surface area contributed by atoms with Crippen molar-refractivity contribution in [1.29, 1.82) is 5.26 Å². The number of hydrogen-bond donors (Lipinski definition) is 1. The van der Waals surface area contributed by atoms with Crippen molar-refractivity contribution in [3.05, 3.63) is 40.1 Å². The molecule has 0 atom stereocenters. The van der Waals surface area contributed by atoms with Crippen molar-refractivity contribution in [2.75, 3.05) is 18.6 Å². The van der Waals surface area contributed by atoms with Crippen LogP contribution in [0.5, 0.6) is 0 Å². The van der Waals surface area contributed by atoms with Gasteiger partial charge in [0, 0.05) is 10.7 Å². The molecule has 7 nitrogen and oxygen atoms in total. The lowest BCUT2D eigenvalue weighted by molar-refractivity contribution is 0.0593. The lowest BCUT2D eigenvalue weighted by Crippen LogP contribution is -2.12. The fraction of sp³-hybridized carbons (Fsp3) is 0.200. The topological polar surface area (TPSA) is 115 Å². The fourth-order valence-electron chi connectivity index (χ4n) is 2.14. The van der Waals surface area contributed by atoms with E-state index in [4.69, 9.17) is 15.7 Å². The molecule has 0 aliphatic rings. The molecule has 0 unspecified atom stereocenters. The van der Waals surface area contributed by atoms with Crippen LogP contribution in [0.4, 0.5) is 5.69 Å². The van der Waals surface area contributed by atoms with E-state index in [-0.39, 0.29) is 27.6 Å². The summed E-state index contributed by atoms with van der Waals surface area (Å²) in [6, 6.07) is 6.32. The fourth-order valence-corrected chi connectivity index (χ4v) is 3.48. The van der Waals surface area contributed by atoms with Crippen molar-refractivity contribution in [1.82, 2.24) is 4.57 Å². The lowest BCUT2D eigenvalue weighted by atomic mass is 10.2. The smallest absolute Gasteiger partial charge is 0.357 e. The number of rotatable bonds is 4. The van der Waals surface area contributed by atoms with Crippen LogP contribution in [-0.2, 0) is 14.6 Å². The van der Waals surface area contributed by atoms with Gasteiger partial charge in [0.1, 0.15) is 6.07 Å². The number of anilines is 1. The summed E-state index contributed by atoms with van der Waals surface area (Å²) in [5.41, 5.74) is 6.23. The van der Waals surface area contributed by atoms with Crippen LogP contribution < -0.4 is 5.73 Å². The van der Waals surface area contributed by atoms with E-state index in [0.717, 1.165) is 0 Å². The molecule has 24 heavy (non-hydrogen) atoms. The average molecular weight is 412 g/mol. The molecule has 1 heterocycles. The zero-order chi connectivity index (χ0) is 18.1. The number of benzene rings is 1. The number of ether oxygens (including phenoxy) is 1. The number of aromatic nitrogens is 1. The summed E-state index contributed by atoms with van der Waals surface area (Å²) in [6.07, 6.45) is 1.37. The maximum Gasteiger partial charge on any atom is 0.357 e. The monoisotopic (exact) mass is 411 g/mol. The predicted octanol–water partition coefficient (Wildman–Crippen LogP) is 2.27. The minimum atomic E-state index is -3.44. The Bertz CT molecular complexity index is 958. The summed E-state index contributed by atoms with van der Waals surface area (Å²) in [7, 11) is -2.25. The number of nitrogen functional groups attached to an aromatic ring is 1. The Kier molecular flexibility index (Phi) is 5.01. The van der Waals surface area contributed by atoms with E-state index < -0.39 is 15.8 Å². The molecule has 0 aliphatic heterocycles. The van der Waals surface area contributed by atoms with Gasteiger partial charge in [-0.2, -0.15) is 5.26 Å². The van der Waals surface area contributed by atoms with Gasteiger partial charge in [0.25, 0.3) is 0 Å². The van der Waals surface area contributed by atoms with Crippen molar-refractivity contribution in [2.24, 2.45) is 0 Å². The minimum Gasteiger partial charge on any atom is -0.464 e. The van der Waals surface area contributed by atoms with Gasteiger partial charge < -0.3 is 15.0 Å². The van der Waals surface area contributed by atoms with Crippen LogP contribution in [0.1, 0.15) is 23.0 Å². The van der Waals surface area contributed by atoms with E-state index in [9.17, 15) is 13.2 Å². The van der Waals surface area contributed by atoms with Crippen molar-refractivity contribution in [3.8, 4) is 11.8 Å². The molecule has 0 saturated carbocycles. The summed E-state index contributed by atoms with van der Waals surface area (Å²) in [5.74, 6) is -0.792. The van der Waals surface area contributed by atoms with Gasteiger partial charge in [0.15, 0.2) is 15.5 Å².